The minimum atomic E-state index is -3.25. The molecule has 1 aromatic heterocycles. The van der Waals surface area contributed by atoms with Gasteiger partial charge in [-0.1, -0.05) is 166 Å². The van der Waals surface area contributed by atoms with Crippen molar-refractivity contribution in [1.82, 2.24) is 4.57 Å². The summed E-state index contributed by atoms with van der Waals surface area (Å²) in [6, 6.07) is 64.8. The molecule has 0 aliphatic carbocycles. The fourth-order valence-corrected chi connectivity index (χ4v) is 13.9. The van der Waals surface area contributed by atoms with Gasteiger partial charge in [0.2, 0.25) is 13.4 Å². The fraction of sp³-hybridized carbons (Fsp3) is 0.0400. The summed E-state index contributed by atoms with van der Waals surface area (Å²) in [5, 5.41) is 5.45. The van der Waals surface area contributed by atoms with Crippen LogP contribution in [-0.2, 0) is 11.1 Å². The van der Waals surface area contributed by atoms with Gasteiger partial charge in [-0.3, -0.25) is 0 Å². The molecule has 0 saturated heterocycles. The number of hydrogen-bond donors (Lipinski definition) is 0. The van der Waals surface area contributed by atoms with Crippen molar-refractivity contribution < 1.29 is 9.30 Å². The van der Waals surface area contributed by atoms with Crippen LogP contribution in [0.3, 0.4) is 0 Å². The standard InChI is InChI=1S/C50H35B2N2O2P/c1-2-53-42-19-6-3-14-36(42)37-31-28-34(32-45(37)53)52-39-16-5-12-25-49(39)57(55)48-24-11-4-15-38(48)51(40-17-13-18-41(52)50(40)57)33-26-29-35(30-27-33)54-43-20-7-9-22-46(43)56-47-23-10-8-21-44(47)54/h3-32H,2H2,1H3. The molecule has 7 heteroatoms. The van der Waals surface area contributed by atoms with Crippen molar-refractivity contribution in [2.75, 3.05) is 4.90 Å². The molecule has 0 saturated carbocycles. The smallest absolute Gasteiger partial charge is 0.243 e. The number of aryl methyl sites for hydroxylation is 1. The van der Waals surface area contributed by atoms with Gasteiger partial charge in [-0.25, -0.2) is 0 Å². The predicted molar refractivity (Wildman–Crippen MR) is 241 cm³/mol. The molecule has 4 heterocycles. The van der Waals surface area contributed by atoms with Crippen LogP contribution in [0.1, 0.15) is 6.92 Å². The van der Waals surface area contributed by atoms with Gasteiger partial charge in [-0.2, -0.15) is 0 Å². The van der Waals surface area contributed by atoms with Gasteiger partial charge in [0.1, 0.15) is 0 Å². The lowest BCUT2D eigenvalue weighted by atomic mass is 9.33. The van der Waals surface area contributed by atoms with Gasteiger partial charge in [-0.05, 0) is 55.5 Å². The Bertz CT molecular complexity index is 3130. The van der Waals surface area contributed by atoms with Crippen LogP contribution in [0, 0.1) is 0 Å². The molecule has 268 valence electrons. The summed E-state index contributed by atoms with van der Waals surface area (Å²) in [5.41, 5.74) is 12.5. The molecule has 0 radical (unpaired) electrons. The van der Waals surface area contributed by atoms with Gasteiger partial charge in [-0.15, -0.1) is 0 Å². The average molecular weight is 748 g/mol. The Labute approximate surface area is 332 Å². The Balaban J connectivity index is 1.05. The van der Waals surface area contributed by atoms with Crippen LogP contribution in [0.2, 0.25) is 0 Å². The number of para-hydroxylation sites is 5. The summed E-state index contributed by atoms with van der Waals surface area (Å²) < 4.78 is 25.1. The van der Waals surface area contributed by atoms with E-state index in [9.17, 15) is 0 Å². The second-order valence-electron chi connectivity index (χ2n) is 15.4. The molecule has 0 amide bonds. The second kappa shape index (κ2) is 12.3. The zero-order valence-corrected chi connectivity index (χ0v) is 32.2. The maximum Gasteiger partial charge on any atom is 0.243 e. The van der Waals surface area contributed by atoms with E-state index in [-0.39, 0.29) is 13.4 Å². The van der Waals surface area contributed by atoms with Gasteiger partial charge >= 0.3 is 0 Å². The molecule has 0 bridgehead atoms. The normalized spacial score (nSPS) is 16.1. The molecule has 0 N–H and O–H groups in total. The maximum absolute atomic E-state index is 16.4. The van der Waals surface area contributed by atoms with Crippen molar-refractivity contribution in [3.63, 3.8) is 0 Å². The van der Waals surface area contributed by atoms with E-state index in [4.69, 9.17) is 4.74 Å². The minimum Gasteiger partial charge on any atom is -0.453 e. The van der Waals surface area contributed by atoms with Crippen LogP contribution < -0.4 is 58.3 Å². The molecule has 3 aliphatic rings. The first kappa shape index (κ1) is 32.7. The van der Waals surface area contributed by atoms with E-state index < -0.39 is 7.14 Å². The molecule has 1 unspecified atom stereocenters. The average Bonchev–Trinajstić information content (AvgIpc) is 3.59. The number of hydrogen-bond acceptors (Lipinski definition) is 3. The summed E-state index contributed by atoms with van der Waals surface area (Å²) in [4.78, 5) is 2.28. The third kappa shape index (κ3) is 4.51. The highest BCUT2D eigenvalue weighted by Crippen LogP contribution is 2.50. The van der Waals surface area contributed by atoms with Crippen molar-refractivity contribution in [3.8, 4) is 11.5 Å². The van der Waals surface area contributed by atoms with E-state index >= 15 is 4.57 Å². The van der Waals surface area contributed by atoms with E-state index in [0.717, 1.165) is 72.9 Å². The van der Waals surface area contributed by atoms with Crippen LogP contribution in [0.4, 0.5) is 17.1 Å². The number of aromatic nitrogens is 1. The Morgan fingerprint density at radius 3 is 1.70 bits per heavy atom. The molecule has 9 aromatic rings. The Hall–Kier alpha value is -6.48. The first-order chi connectivity index (χ1) is 28.1. The van der Waals surface area contributed by atoms with Crippen molar-refractivity contribution in [2.24, 2.45) is 0 Å². The SMILES string of the molecule is CCn1c2ccccc2c2ccc(B3c4ccccc4P4(=O)c5ccccc5B(c5ccc(N6c7ccccc7Oc7ccccc76)cc5)c5cccc3c54)cc21. The molecule has 0 spiro atoms. The third-order valence-electron chi connectivity index (χ3n) is 12.6. The summed E-state index contributed by atoms with van der Waals surface area (Å²) >= 11 is 0. The number of nitrogens with zero attached hydrogens (tertiary/aromatic N) is 2. The predicted octanol–water partition coefficient (Wildman–Crippen LogP) is 6.69. The zero-order chi connectivity index (χ0) is 37.8. The quantitative estimate of drug-likeness (QED) is 0.149. The molecule has 0 fully saturated rings. The molecule has 8 aromatic carbocycles. The van der Waals surface area contributed by atoms with Gasteiger partial charge in [0.05, 0.1) is 11.4 Å². The summed E-state index contributed by atoms with van der Waals surface area (Å²) in [7, 11) is -3.25. The second-order valence-corrected chi connectivity index (χ2v) is 18.0. The van der Waals surface area contributed by atoms with Crippen molar-refractivity contribution in [2.45, 2.75) is 13.5 Å². The Kier molecular flexibility index (Phi) is 7.04. The number of fused-ring (bicyclic) bond motifs is 9. The van der Waals surface area contributed by atoms with Crippen molar-refractivity contribution in [1.29, 1.82) is 0 Å². The number of rotatable bonds is 4. The molecular formula is C50H35B2N2O2P. The number of ether oxygens (including phenoxy) is 1. The first-order valence-electron chi connectivity index (χ1n) is 19.8. The lowest BCUT2D eigenvalue weighted by Gasteiger charge is -2.40. The fourth-order valence-electron chi connectivity index (χ4n) is 10.3. The van der Waals surface area contributed by atoms with Crippen molar-refractivity contribution >= 4 is 108 Å². The molecule has 1 atom stereocenters. The minimum absolute atomic E-state index is 0.0688. The highest BCUT2D eigenvalue weighted by atomic mass is 31.2. The van der Waals surface area contributed by atoms with E-state index in [1.165, 1.54) is 32.7 Å². The van der Waals surface area contributed by atoms with E-state index in [1.807, 2.05) is 24.3 Å². The maximum atomic E-state index is 16.4. The van der Waals surface area contributed by atoms with E-state index in [0.29, 0.717) is 0 Å². The third-order valence-corrected chi connectivity index (χ3v) is 15.9. The summed E-state index contributed by atoms with van der Waals surface area (Å²) in [6.45, 7) is 2.95. The van der Waals surface area contributed by atoms with Gasteiger partial charge < -0.3 is 18.8 Å². The molecule has 57 heavy (non-hydrogen) atoms. The highest BCUT2D eigenvalue weighted by Gasteiger charge is 2.50. The van der Waals surface area contributed by atoms with Crippen LogP contribution in [-0.4, -0.2) is 18.0 Å². The van der Waals surface area contributed by atoms with Gasteiger partial charge in [0, 0.05) is 50.0 Å². The zero-order valence-electron chi connectivity index (χ0n) is 31.3. The van der Waals surface area contributed by atoms with Crippen LogP contribution in [0.25, 0.3) is 21.8 Å². The monoisotopic (exact) mass is 748 g/mol. The Morgan fingerprint density at radius 2 is 1.04 bits per heavy atom. The molecule has 12 rings (SSSR count). The van der Waals surface area contributed by atoms with E-state index in [2.05, 4.69) is 174 Å². The van der Waals surface area contributed by atoms with Crippen LogP contribution in [0.15, 0.2) is 182 Å². The topological polar surface area (TPSA) is 34.5 Å². The molecule has 3 aliphatic heterocycles. The lowest BCUT2D eigenvalue weighted by molar-refractivity contribution is 0.477. The number of anilines is 3. The van der Waals surface area contributed by atoms with E-state index in [1.54, 1.807) is 0 Å². The summed E-state index contributed by atoms with van der Waals surface area (Å²) in [5.74, 6) is 1.66. The largest absolute Gasteiger partial charge is 0.453 e. The highest BCUT2D eigenvalue weighted by molar-refractivity contribution is 7.88. The molecule has 4 nitrogen and oxygen atoms in total. The first-order valence-corrected chi connectivity index (χ1v) is 21.5. The number of benzene rings is 8. The summed E-state index contributed by atoms with van der Waals surface area (Å²) in [6.07, 6.45) is 0. The lowest BCUT2D eigenvalue weighted by Crippen LogP contribution is -2.74. The van der Waals surface area contributed by atoms with Gasteiger partial charge in [0.15, 0.2) is 18.6 Å². The van der Waals surface area contributed by atoms with Crippen LogP contribution >= 0.6 is 7.14 Å². The Morgan fingerprint density at radius 1 is 0.509 bits per heavy atom. The molecular weight excluding hydrogens is 713 g/mol. The van der Waals surface area contributed by atoms with Gasteiger partial charge in [0.25, 0.3) is 0 Å². The van der Waals surface area contributed by atoms with Crippen LogP contribution in [0.5, 0.6) is 11.5 Å². The van der Waals surface area contributed by atoms with Crippen molar-refractivity contribution in [3.05, 3.63) is 182 Å².